The Morgan fingerprint density at radius 2 is 0.788 bits per heavy atom. The highest BCUT2D eigenvalue weighted by molar-refractivity contribution is 5.47. The van der Waals surface area contributed by atoms with Crippen LogP contribution in [0.15, 0.2) is 91.0 Å². The van der Waals surface area contributed by atoms with Crippen molar-refractivity contribution in [2.24, 2.45) is 0 Å². The summed E-state index contributed by atoms with van der Waals surface area (Å²) in [6.45, 7) is 1.07. The summed E-state index contributed by atoms with van der Waals surface area (Å²) in [5.74, 6) is 0. The van der Waals surface area contributed by atoms with Crippen LogP contribution in [0, 0.1) is 0 Å². The first-order valence-corrected chi connectivity index (χ1v) is 12.8. The molecule has 3 aromatic carbocycles. The molecule has 176 valence electrons. The predicted octanol–water partition coefficient (Wildman–Crippen LogP) is 7.89. The number of unbranched alkanes of at least 4 members (excludes halogenated alkanes) is 9. The van der Waals surface area contributed by atoms with Crippen molar-refractivity contribution in [1.29, 1.82) is 0 Å². The molecular formula is C31H40O2. The van der Waals surface area contributed by atoms with Crippen molar-refractivity contribution in [2.45, 2.75) is 69.8 Å². The topological polar surface area (TPSA) is 29.5 Å². The van der Waals surface area contributed by atoms with Gasteiger partial charge in [0.25, 0.3) is 0 Å². The van der Waals surface area contributed by atoms with Crippen LogP contribution in [-0.2, 0) is 10.3 Å². The summed E-state index contributed by atoms with van der Waals surface area (Å²) in [5, 5.41) is 8.84. The Kier molecular flexibility index (Phi) is 11.2. The van der Waals surface area contributed by atoms with Crippen LogP contribution in [0.5, 0.6) is 0 Å². The van der Waals surface area contributed by atoms with E-state index in [1.807, 2.05) is 0 Å². The second-order valence-corrected chi connectivity index (χ2v) is 8.89. The second kappa shape index (κ2) is 14.7. The van der Waals surface area contributed by atoms with Crippen LogP contribution in [-0.4, -0.2) is 18.3 Å². The first kappa shape index (κ1) is 25.2. The van der Waals surface area contributed by atoms with E-state index in [2.05, 4.69) is 91.0 Å². The molecule has 0 aliphatic carbocycles. The van der Waals surface area contributed by atoms with Crippen LogP contribution in [0.4, 0.5) is 0 Å². The molecule has 0 fully saturated rings. The minimum Gasteiger partial charge on any atom is -0.396 e. The normalized spacial score (nSPS) is 11.5. The molecule has 0 aliphatic rings. The van der Waals surface area contributed by atoms with E-state index in [0.717, 1.165) is 19.4 Å². The highest BCUT2D eigenvalue weighted by Gasteiger charge is 2.37. The average molecular weight is 445 g/mol. The number of aliphatic hydroxyl groups is 1. The number of ether oxygens (including phenoxy) is 1. The maximum absolute atomic E-state index is 8.84. The minimum absolute atomic E-state index is 0.335. The van der Waals surface area contributed by atoms with Crippen LogP contribution in [0.2, 0.25) is 0 Å². The molecule has 1 N–H and O–H groups in total. The molecule has 33 heavy (non-hydrogen) atoms. The van der Waals surface area contributed by atoms with Crippen LogP contribution in [0.3, 0.4) is 0 Å². The lowest BCUT2D eigenvalue weighted by molar-refractivity contribution is 0.0106. The highest BCUT2D eigenvalue weighted by Crippen LogP contribution is 2.40. The van der Waals surface area contributed by atoms with E-state index < -0.39 is 5.60 Å². The van der Waals surface area contributed by atoms with E-state index >= 15 is 0 Å². The third-order valence-corrected chi connectivity index (χ3v) is 6.41. The Morgan fingerprint density at radius 1 is 0.455 bits per heavy atom. The standard InChI is InChI=1S/C31H40O2/c32-26-18-7-5-3-1-2-4-6-8-19-27-33-31(28-20-12-9-13-21-28,29-22-14-10-15-23-29)30-24-16-11-17-25-30/h9-17,20-25,32H,1-8,18-19,26-27H2. The maximum Gasteiger partial charge on any atom is 0.143 e. The van der Waals surface area contributed by atoms with Crippen molar-refractivity contribution in [1.82, 2.24) is 0 Å². The van der Waals surface area contributed by atoms with Crippen molar-refractivity contribution >= 4 is 0 Å². The van der Waals surface area contributed by atoms with Crippen molar-refractivity contribution in [3.8, 4) is 0 Å². The molecule has 0 unspecified atom stereocenters. The van der Waals surface area contributed by atoms with Gasteiger partial charge < -0.3 is 9.84 Å². The van der Waals surface area contributed by atoms with Gasteiger partial charge in [-0.05, 0) is 29.5 Å². The van der Waals surface area contributed by atoms with Crippen LogP contribution in [0.25, 0.3) is 0 Å². The van der Waals surface area contributed by atoms with Gasteiger partial charge in [-0.25, -0.2) is 0 Å². The lowest BCUT2D eigenvalue weighted by Gasteiger charge is -2.36. The molecule has 0 amide bonds. The summed E-state index contributed by atoms with van der Waals surface area (Å²) in [6.07, 6.45) is 12.2. The van der Waals surface area contributed by atoms with Crippen molar-refractivity contribution in [3.63, 3.8) is 0 Å². The zero-order valence-corrected chi connectivity index (χ0v) is 20.0. The van der Waals surface area contributed by atoms with E-state index in [1.165, 1.54) is 68.1 Å². The fourth-order valence-corrected chi connectivity index (χ4v) is 4.62. The molecule has 2 nitrogen and oxygen atoms in total. The molecule has 0 aromatic heterocycles. The molecule has 2 heteroatoms. The Bertz CT molecular complexity index is 765. The summed E-state index contributed by atoms with van der Waals surface area (Å²) in [6, 6.07) is 31.9. The summed E-state index contributed by atoms with van der Waals surface area (Å²) in [4.78, 5) is 0. The van der Waals surface area contributed by atoms with E-state index in [-0.39, 0.29) is 0 Å². The molecule has 0 aliphatic heterocycles. The first-order valence-electron chi connectivity index (χ1n) is 12.8. The lowest BCUT2D eigenvalue weighted by atomic mass is 9.80. The van der Waals surface area contributed by atoms with E-state index in [9.17, 15) is 0 Å². The van der Waals surface area contributed by atoms with Gasteiger partial charge in [0.1, 0.15) is 5.60 Å². The SMILES string of the molecule is OCCCCCCCCCCCCOC(c1ccccc1)(c1ccccc1)c1ccccc1. The Morgan fingerprint density at radius 3 is 1.15 bits per heavy atom. The van der Waals surface area contributed by atoms with Gasteiger partial charge in [-0.15, -0.1) is 0 Å². The summed E-state index contributed by atoms with van der Waals surface area (Å²) in [7, 11) is 0. The molecule has 0 radical (unpaired) electrons. The van der Waals surface area contributed by atoms with Gasteiger partial charge in [-0.2, -0.15) is 0 Å². The van der Waals surface area contributed by atoms with E-state index in [4.69, 9.17) is 9.84 Å². The highest BCUT2D eigenvalue weighted by atomic mass is 16.5. The number of aliphatic hydroxyl groups excluding tert-OH is 1. The second-order valence-electron chi connectivity index (χ2n) is 8.89. The molecule has 0 bridgehead atoms. The monoisotopic (exact) mass is 444 g/mol. The van der Waals surface area contributed by atoms with Crippen LogP contribution < -0.4 is 0 Å². The quantitative estimate of drug-likeness (QED) is 0.180. The van der Waals surface area contributed by atoms with Crippen LogP contribution in [0.1, 0.15) is 80.9 Å². The van der Waals surface area contributed by atoms with Gasteiger partial charge in [0.05, 0.1) is 0 Å². The third-order valence-electron chi connectivity index (χ3n) is 6.41. The van der Waals surface area contributed by atoms with Gasteiger partial charge >= 0.3 is 0 Å². The van der Waals surface area contributed by atoms with Gasteiger partial charge in [0.15, 0.2) is 0 Å². The van der Waals surface area contributed by atoms with Crippen molar-refractivity contribution < 1.29 is 9.84 Å². The fraction of sp³-hybridized carbons (Fsp3) is 0.419. The molecule has 0 heterocycles. The Hall–Kier alpha value is -2.42. The molecule has 0 spiro atoms. The molecule has 0 saturated heterocycles. The Balaban J connectivity index is 1.59. The number of hydrogen-bond donors (Lipinski definition) is 1. The summed E-state index contributed by atoms with van der Waals surface area (Å²) in [5.41, 5.74) is 2.91. The van der Waals surface area contributed by atoms with Gasteiger partial charge in [-0.1, -0.05) is 142 Å². The minimum atomic E-state index is -0.599. The molecule has 0 saturated carbocycles. The molecular weight excluding hydrogens is 404 g/mol. The maximum atomic E-state index is 8.84. The smallest absolute Gasteiger partial charge is 0.143 e. The first-order chi connectivity index (χ1) is 16.4. The van der Waals surface area contributed by atoms with E-state index in [1.54, 1.807) is 0 Å². The molecule has 3 aromatic rings. The van der Waals surface area contributed by atoms with Crippen molar-refractivity contribution in [2.75, 3.05) is 13.2 Å². The van der Waals surface area contributed by atoms with Gasteiger partial charge in [-0.3, -0.25) is 0 Å². The molecule has 3 rings (SSSR count). The fourth-order valence-electron chi connectivity index (χ4n) is 4.62. The van der Waals surface area contributed by atoms with Crippen LogP contribution >= 0.6 is 0 Å². The van der Waals surface area contributed by atoms with Crippen molar-refractivity contribution in [3.05, 3.63) is 108 Å². The third kappa shape index (κ3) is 7.55. The Labute approximate surface area is 200 Å². The summed E-state index contributed by atoms with van der Waals surface area (Å²) >= 11 is 0. The largest absolute Gasteiger partial charge is 0.396 e. The number of benzene rings is 3. The molecule has 0 atom stereocenters. The van der Waals surface area contributed by atoms with Gasteiger partial charge in [0, 0.05) is 13.2 Å². The van der Waals surface area contributed by atoms with Gasteiger partial charge in [0.2, 0.25) is 0 Å². The zero-order chi connectivity index (χ0) is 23.0. The zero-order valence-electron chi connectivity index (χ0n) is 20.0. The summed E-state index contributed by atoms with van der Waals surface area (Å²) < 4.78 is 6.85. The average Bonchev–Trinajstić information content (AvgIpc) is 2.89. The lowest BCUT2D eigenvalue weighted by Crippen LogP contribution is -2.33. The van der Waals surface area contributed by atoms with E-state index in [0.29, 0.717) is 6.61 Å². The number of hydrogen-bond acceptors (Lipinski definition) is 2. The predicted molar refractivity (Wildman–Crippen MR) is 138 cm³/mol. The number of rotatable bonds is 16.